The van der Waals surface area contributed by atoms with Crippen LogP contribution in [0.25, 0.3) is 23.0 Å². The fraction of sp³-hybridized carbons (Fsp3) is 0.269. The molecule has 1 aromatic heterocycles. The summed E-state index contributed by atoms with van der Waals surface area (Å²) in [6.45, 7) is 4.83. The molecule has 1 saturated heterocycles. The van der Waals surface area contributed by atoms with E-state index in [-0.39, 0.29) is 5.91 Å². The molecule has 2 aromatic carbocycles. The maximum atomic E-state index is 13.1. The van der Waals surface area contributed by atoms with Crippen LogP contribution in [0.3, 0.4) is 0 Å². The number of aromatic nitrogens is 2. The highest BCUT2D eigenvalue weighted by Crippen LogP contribution is 2.35. The smallest absolute Gasteiger partial charge is 0.266 e. The molecule has 33 heavy (non-hydrogen) atoms. The number of aryl methyl sites for hydroxylation is 1. The standard InChI is InChI=1S/C26H27N3O2S2/c1-4-5-9-14-28-25(30)23(33-26(28)32)16-20-17-29(21-10-7-6-8-11-21)27-24(20)19-12-13-22(31-3)18(2)15-19/h6-8,10-13,15-17H,4-5,9,14H2,1-3H3/b23-16+. The second-order valence-corrected chi connectivity index (χ2v) is 9.61. The summed E-state index contributed by atoms with van der Waals surface area (Å²) in [5.74, 6) is 0.807. The van der Waals surface area contributed by atoms with Gasteiger partial charge in [0.1, 0.15) is 15.8 Å². The predicted octanol–water partition coefficient (Wildman–Crippen LogP) is 6.25. The zero-order valence-corrected chi connectivity index (χ0v) is 20.7. The molecule has 3 aromatic rings. The van der Waals surface area contributed by atoms with Crippen molar-refractivity contribution >= 4 is 40.3 Å². The number of hydrogen-bond acceptors (Lipinski definition) is 5. The first-order valence-corrected chi connectivity index (χ1v) is 12.3. The Labute approximate surface area is 204 Å². The molecule has 0 unspecified atom stereocenters. The van der Waals surface area contributed by atoms with Crippen LogP contribution in [0, 0.1) is 6.92 Å². The summed E-state index contributed by atoms with van der Waals surface area (Å²) < 4.78 is 7.90. The van der Waals surface area contributed by atoms with Gasteiger partial charge in [-0.25, -0.2) is 4.68 Å². The third-order valence-electron chi connectivity index (χ3n) is 5.58. The van der Waals surface area contributed by atoms with Gasteiger partial charge in [-0.05, 0) is 55.3 Å². The van der Waals surface area contributed by atoms with Gasteiger partial charge in [-0.3, -0.25) is 9.69 Å². The second-order valence-electron chi connectivity index (χ2n) is 7.94. The molecule has 1 aliphatic heterocycles. The van der Waals surface area contributed by atoms with Crippen LogP contribution < -0.4 is 4.74 Å². The largest absolute Gasteiger partial charge is 0.496 e. The third kappa shape index (κ3) is 5.04. The van der Waals surface area contributed by atoms with E-state index >= 15 is 0 Å². The molecular weight excluding hydrogens is 450 g/mol. The van der Waals surface area contributed by atoms with Gasteiger partial charge in [0, 0.05) is 23.9 Å². The van der Waals surface area contributed by atoms with E-state index in [1.54, 1.807) is 12.0 Å². The molecule has 0 bridgehead atoms. The number of carbonyl (C=O) groups is 1. The summed E-state index contributed by atoms with van der Waals surface area (Å²) in [5, 5.41) is 4.88. The van der Waals surface area contributed by atoms with Crippen LogP contribution in [0.4, 0.5) is 0 Å². The van der Waals surface area contributed by atoms with Crippen LogP contribution in [0.2, 0.25) is 0 Å². The molecule has 7 heteroatoms. The fourth-order valence-corrected chi connectivity index (χ4v) is 5.11. The molecular formula is C26H27N3O2S2. The minimum absolute atomic E-state index is 0.0228. The lowest BCUT2D eigenvalue weighted by Gasteiger charge is -2.13. The summed E-state index contributed by atoms with van der Waals surface area (Å²) in [5.41, 5.74) is 4.62. The minimum Gasteiger partial charge on any atom is -0.496 e. The van der Waals surface area contributed by atoms with Crippen LogP contribution in [-0.2, 0) is 4.79 Å². The fourth-order valence-electron chi connectivity index (χ4n) is 3.81. The number of ether oxygens (including phenoxy) is 1. The predicted molar refractivity (Wildman–Crippen MR) is 140 cm³/mol. The summed E-state index contributed by atoms with van der Waals surface area (Å²) >= 11 is 6.87. The number of amides is 1. The Balaban J connectivity index is 1.74. The highest BCUT2D eigenvalue weighted by Gasteiger charge is 2.32. The summed E-state index contributed by atoms with van der Waals surface area (Å²) in [4.78, 5) is 15.4. The first-order chi connectivity index (χ1) is 16.0. The Bertz CT molecular complexity index is 1200. The first kappa shape index (κ1) is 23.3. The average molecular weight is 478 g/mol. The van der Waals surface area contributed by atoms with Gasteiger partial charge in [-0.1, -0.05) is 61.9 Å². The Hall–Kier alpha value is -2.90. The zero-order chi connectivity index (χ0) is 23.4. The highest BCUT2D eigenvalue weighted by molar-refractivity contribution is 8.26. The van der Waals surface area contributed by atoms with E-state index in [9.17, 15) is 4.79 Å². The van der Waals surface area contributed by atoms with E-state index in [4.69, 9.17) is 22.1 Å². The Morgan fingerprint density at radius 2 is 1.94 bits per heavy atom. The van der Waals surface area contributed by atoms with Crippen molar-refractivity contribution in [3.05, 3.63) is 70.8 Å². The maximum Gasteiger partial charge on any atom is 0.266 e. The van der Waals surface area contributed by atoms with Gasteiger partial charge < -0.3 is 4.74 Å². The van der Waals surface area contributed by atoms with Crippen molar-refractivity contribution in [1.29, 1.82) is 0 Å². The van der Waals surface area contributed by atoms with Crippen molar-refractivity contribution in [2.24, 2.45) is 0 Å². The third-order valence-corrected chi connectivity index (χ3v) is 6.95. The van der Waals surface area contributed by atoms with Gasteiger partial charge in [-0.15, -0.1) is 0 Å². The molecule has 0 spiro atoms. The van der Waals surface area contributed by atoms with Crippen molar-refractivity contribution in [2.75, 3.05) is 13.7 Å². The molecule has 0 atom stereocenters. The number of methoxy groups -OCH3 is 1. The topological polar surface area (TPSA) is 47.4 Å². The molecule has 0 radical (unpaired) electrons. The van der Waals surface area contributed by atoms with Gasteiger partial charge in [0.2, 0.25) is 0 Å². The van der Waals surface area contributed by atoms with Gasteiger partial charge >= 0.3 is 0 Å². The number of para-hydroxylation sites is 1. The van der Waals surface area contributed by atoms with Crippen LogP contribution in [0.5, 0.6) is 5.75 Å². The van der Waals surface area contributed by atoms with Crippen molar-refractivity contribution in [3.8, 4) is 22.7 Å². The molecule has 4 rings (SSSR count). The molecule has 0 aliphatic carbocycles. The SMILES string of the molecule is CCCCCN1C(=O)/C(=C\c2cn(-c3ccccc3)nc2-c2ccc(OC)c(C)c2)SC1=S. The van der Waals surface area contributed by atoms with E-state index < -0.39 is 0 Å². The van der Waals surface area contributed by atoms with Gasteiger partial charge in [0.25, 0.3) is 5.91 Å². The molecule has 1 fully saturated rings. The summed E-state index contributed by atoms with van der Waals surface area (Å²) in [7, 11) is 1.67. The maximum absolute atomic E-state index is 13.1. The van der Waals surface area contributed by atoms with Crippen LogP contribution in [0.1, 0.15) is 37.3 Å². The Morgan fingerprint density at radius 3 is 2.64 bits per heavy atom. The number of thioether (sulfide) groups is 1. The molecule has 0 saturated carbocycles. The number of thiocarbonyl (C=S) groups is 1. The lowest BCUT2D eigenvalue weighted by atomic mass is 10.0. The number of carbonyl (C=O) groups excluding carboxylic acids is 1. The van der Waals surface area contributed by atoms with Crippen LogP contribution in [0.15, 0.2) is 59.6 Å². The zero-order valence-electron chi connectivity index (χ0n) is 19.1. The minimum atomic E-state index is -0.0228. The number of benzene rings is 2. The van der Waals surface area contributed by atoms with E-state index in [0.29, 0.717) is 15.8 Å². The lowest BCUT2D eigenvalue weighted by Crippen LogP contribution is -2.28. The van der Waals surface area contributed by atoms with Crippen LogP contribution >= 0.6 is 24.0 Å². The molecule has 1 aliphatic rings. The lowest BCUT2D eigenvalue weighted by molar-refractivity contribution is -0.122. The molecule has 2 heterocycles. The second kappa shape index (κ2) is 10.4. The Morgan fingerprint density at radius 1 is 1.15 bits per heavy atom. The highest BCUT2D eigenvalue weighted by atomic mass is 32.2. The number of rotatable bonds is 8. The van der Waals surface area contributed by atoms with E-state index in [2.05, 4.69) is 13.0 Å². The monoisotopic (exact) mass is 477 g/mol. The number of hydrogen-bond donors (Lipinski definition) is 0. The van der Waals surface area contributed by atoms with Crippen LogP contribution in [-0.4, -0.2) is 38.6 Å². The number of unbranched alkanes of at least 4 members (excludes halogenated alkanes) is 2. The molecule has 1 amide bonds. The quantitative estimate of drug-likeness (QED) is 0.218. The van der Waals surface area contributed by atoms with E-state index in [1.807, 2.05) is 66.3 Å². The summed E-state index contributed by atoms with van der Waals surface area (Å²) in [6.07, 6.45) is 7.03. The average Bonchev–Trinajstić information content (AvgIpc) is 3.36. The van der Waals surface area contributed by atoms with Gasteiger partial charge in [0.15, 0.2) is 0 Å². The van der Waals surface area contributed by atoms with Gasteiger partial charge in [0.05, 0.1) is 17.7 Å². The van der Waals surface area contributed by atoms with Crippen molar-refractivity contribution in [1.82, 2.24) is 14.7 Å². The Kier molecular flexibility index (Phi) is 7.30. The van der Waals surface area contributed by atoms with Crippen molar-refractivity contribution in [2.45, 2.75) is 33.1 Å². The first-order valence-electron chi connectivity index (χ1n) is 11.1. The normalized spacial score (nSPS) is 15.0. The number of nitrogens with zero attached hydrogens (tertiary/aromatic N) is 3. The van der Waals surface area contributed by atoms with Crippen molar-refractivity contribution < 1.29 is 9.53 Å². The van der Waals surface area contributed by atoms with E-state index in [1.165, 1.54) is 11.8 Å². The molecule has 5 nitrogen and oxygen atoms in total. The van der Waals surface area contributed by atoms with Gasteiger partial charge in [-0.2, -0.15) is 5.10 Å². The van der Waals surface area contributed by atoms with E-state index in [0.717, 1.165) is 53.1 Å². The molecule has 170 valence electrons. The molecule has 0 N–H and O–H groups in total. The summed E-state index contributed by atoms with van der Waals surface area (Å²) in [6, 6.07) is 16.0. The van der Waals surface area contributed by atoms with Crippen molar-refractivity contribution in [3.63, 3.8) is 0 Å².